The molecule has 4 rings (SSSR count). The maximum Gasteiger partial charge on any atom is 0.337 e. The molecule has 2 aromatic carbocycles. The van der Waals surface area contributed by atoms with Crippen LogP contribution < -0.4 is 9.47 Å². The highest BCUT2D eigenvalue weighted by Crippen LogP contribution is 2.40. The topological polar surface area (TPSA) is 78.9 Å². The Bertz CT molecular complexity index is 1040. The third-order valence-corrected chi connectivity index (χ3v) is 7.21. The summed E-state index contributed by atoms with van der Waals surface area (Å²) < 4.78 is 40.2. The van der Waals surface area contributed by atoms with E-state index in [1.807, 2.05) is 31.2 Å². The van der Waals surface area contributed by atoms with Crippen molar-refractivity contribution in [1.82, 2.24) is 0 Å². The molecule has 0 bridgehead atoms. The fraction of sp³-hybridized carbons (Fsp3) is 0.409. The lowest BCUT2D eigenvalue weighted by Crippen LogP contribution is -2.30. The number of esters is 1. The van der Waals surface area contributed by atoms with Crippen molar-refractivity contribution in [3.05, 3.63) is 47.0 Å². The summed E-state index contributed by atoms with van der Waals surface area (Å²) in [4.78, 5) is 12.0. The molecule has 0 saturated carbocycles. The molecule has 0 radical (unpaired) electrons. The van der Waals surface area contributed by atoms with Crippen molar-refractivity contribution in [3.63, 3.8) is 0 Å². The summed E-state index contributed by atoms with van der Waals surface area (Å²) >= 11 is 0. The van der Waals surface area contributed by atoms with Gasteiger partial charge in [0.1, 0.15) is 17.6 Å². The zero-order valence-electron chi connectivity index (χ0n) is 16.6. The van der Waals surface area contributed by atoms with Gasteiger partial charge in [0, 0.05) is 12.0 Å². The van der Waals surface area contributed by atoms with Crippen LogP contribution in [-0.2, 0) is 21.0 Å². The number of sulfone groups is 1. The minimum absolute atomic E-state index is 0.0868. The standard InChI is InChI=1S/C22H24O6S/c1-14-11-18(28-17-6-9-29(24,25)10-7-17)12-15-5-8-27-20-4-3-16(22(23)26-2)13-19(20)21(14)15/h3-4,11-13,17H,5-10H2,1-2H3. The highest BCUT2D eigenvalue weighted by atomic mass is 32.2. The summed E-state index contributed by atoms with van der Waals surface area (Å²) in [6.07, 6.45) is 1.67. The van der Waals surface area contributed by atoms with Gasteiger partial charge in [0.2, 0.25) is 0 Å². The van der Waals surface area contributed by atoms with Crippen LogP contribution in [0.1, 0.15) is 34.3 Å². The van der Waals surface area contributed by atoms with Crippen molar-refractivity contribution in [3.8, 4) is 22.6 Å². The van der Waals surface area contributed by atoms with Crippen LogP contribution in [-0.4, -0.2) is 45.7 Å². The molecule has 2 heterocycles. The summed E-state index contributed by atoms with van der Waals surface area (Å²) in [7, 11) is -1.55. The van der Waals surface area contributed by atoms with E-state index >= 15 is 0 Å². The average Bonchev–Trinajstić information content (AvgIpc) is 2.87. The van der Waals surface area contributed by atoms with Crippen LogP contribution in [0.25, 0.3) is 11.1 Å². The number of rotatable bonds is 3. The largest absolute Gasteiger partial charge is 0.493 e. The fourth-order valence-corrected chi connectivity index (χ4v) is 5.47. The molecule has 0 aromatic heterocycles. The number of hydrogen-bond donors (Lipinski definition) is 0. The Morgan fingerprint density at radius 2 is 1.90 bits per heavy atom. The first-order valence-electron chi connectivity index (χ1n) is 9.72. The van der Waals surface area contributed by atoms with Gasteiger partial charge in [-0.25, -0.2) is 13.2 Å². The van der Waals surface area contributed by atoms with Gasteiger partial charge in [-0.15, -0.1) is 0 Å². The third kappa shape index (κ3) is 4.10. The van der Waals surface area contributed by atoms with E-state index in [0.717, 1.165) is 33.8 Å². The number of carbonyl (C=O) groups is 1. The Balaban J connectivity index is 1.67. The molecule has 0 amide bonds. The van der Waals surface area contributed by atoms with Crippen LogP contribution in [0.3, 0.4) is 0 Å². The highest BCUT2D eigenvalue weighted by molar-refractivity contribution is 7.91. The quantitative estimate of drug-likeness (QED) is 0.714. The normalized spacial score (nSPS) is 18.0. The summed E-state index contributed by atoms with van der Waals surface area (Å²) in [5.74, 6) is 1.46. The molecule has 0 N–H and O–H groups in total. The highest BCUT2D eigenvalue weighted by Gasteiger charge is 2.26. The number of ether oxygens (including phenoxy) is 3. The zero-order chi connectivity index (χ0) is 20.6. The fourth-order valence-electron chi connectivity index (χ4n) is 4.02. The Morgan fingerprint density at radius 1 is 1.14 bits per heavy atom. The molecular weight excluding hydrogens is 392 g/mol. The molecule has 0 spiro atoms. The molecule has 7 heteroatoms. The minimum atomic E-state index is -2.92. The van der Waals surface area contributed by atoms with Crippen LogP contribution in [0.4, 0.5) is 0 Å². The van der Waals surface area contributed by atoms with Gasteiger partial charge in [0.05, 0.1) is 30.8 Å². The molecule has 0 unspecified atom stereocenters. The van der Waals surface area contributed by atoms with Crippen molar-refractivity contribution in [2.75, 3.05) is 25.2 Å². The number of carbonyl (C=O) groups excluding carboxylic acids is 1. The molecule has 0 atom stereocenters. The lowest BCUT2D eigenvalue weighted by molar-refractivity contribution is 0.0600. The van der Waals surface area contributed by atoms with E-state index in [9.17, 15) is 13.2 Å². The van der Waals surface area contributed by atoms with Crippen molar-refractivity contribution < 1.29 is 27.4 Å². The SMILES string of the molecule is COC(=O)c1ccc2c(c1)-c1c(C)cc(OC3CCS(=O)(=O)CC3)cc1CCO2. The molecule has 2 aromatic rings. The first-order valence-corrected chi connectivity index (χ1v) is 11.5. The van der Waals surface area contributed by atoms with Crippen molar-refractivity contribution >= 4 is 15.8 Å². The lowest BCUT2D eigenvalue weighted by Gasteiger charge is -2.24. The van der Waals surface area contributed by atoms with Gasteiger partial charge < -0.3 is 14.2 Å². The van der Waals surface area contributed by atoms with Crippen LogP contribution in [0.5, 0.6) is 11.5 Å². The predicted molar refractivity (Wildman–Crippen MR) is 109 cm³/mol. The molecule has 1 saturated heterocycles. The zero-order valence-corrected chi connectivity index (χ0v) is 17.4. The maximum atomic E-state index is 12.0. The van der Waals surface area contributed by atoms with E-state index < -0.39 is 9.84 Å². The van der Waals surface area contributed by atoms with Gasteiger partial charge >= 0.3 is 5.97 Å². The summed E-state index contributed by atoms with van der Waals surface area (Å²) in [5, 5.41) is 0. The van der Waals surface area contributed by atoms with Crippen LogP contribution in [0.15, 0.2) is 30.3 Å². The first-order chi connectivity index (χ1) is 13.9. The molecule has 2 aliphatic heterocycles. The number of benzene rings is 2. The average molecular weight is 416 g/mol. The van der Waals surface area contributed by atoms with Crippen molar-refractivity contribution in [2.45, 2.75) is 32.3 Å². The van der Waals surface area contributed by atoms with E-state index in [1.165, 1.54) is 7.11 Å². The molecular formula is C22H24O6S. The number of fused-ring (bicyclic) bond motifs is 3. The number of aryl methyl sites for hydroxylation is 1. The van der Waals surface area contributed by atoms with Gasteiger partial charge in [-0.05, 0) is 66.8 Å². The van der Waals surface area contributed by atoms with E-state index in [4.69, 9.17) is 14.2 Å². The van der Waals surface area contributed by atoms with Gasteiger partial charge in [-0.1, -0.05) is 0 Å². The molecule has 0 aliphatic carbocycles. The monoisotopic (exact) mass is 416 g/mol. The molecule has 154 valence electrons. The molecule has 29 heavy (non-hydrogen) atoms. The summed E-state index contributed by atoms with van der Waals surface area (Å²) in [5.41, 5.74) is 4.50. The van der Waals surface area contributed by atoms with Crippen LogP contribution in [0.2, 0.25) is 0 Å². The second kappa shape index (κ2) is 7.71. The van der Waals surface area contributed by atoms with Gasteiger partial charge in [-0.2, -0.15) is 0 Å². The molecule has 1 fully saturated rings. The Kier molecular flexibility index (Phi) is 5.25. The van der Waals surface area contributed by atoms with Crippen molar-refractivity contribution in [2.24, 2.45) is 0 Å². The second-order valence-corrected chi connectivity index (χ2v) is 9.85. The van der Waals surface area contributed by atoms with E-state index in [2.05, 4.69) is 0 Å². The van der Waals surface area contributed by atoms with Crippen molar-refractivity contribution in [1.29, 1.82) is 0 Å². The van der Waals surface area contributed by atoms with Gasteiger partial charge in [-0.3, -0.25) is 0 Å². The Labute approximate surface area is 170 Å². The first kappa shape index (κ1) is 19.8. The third-order valence-electron chi connectivity index (χ3n) is 5.49. The van der Waals surface area contributed by atoms with Crippen LogP contribution in [0, 0.1) is 6.92 Å². The summed E-state index contributed by atoms with van der Waals surface area (Å²) in [6.45, 7) is 2.54. The van der Waals surface area contributed by atoms with Gasteiger partial charge in [0.25, 0.3) is 0 Å². The van der Waals surface area contributed by atoms with E-state index in [-0.39, 0.29) is 23.6 Å². The maximum absolute atomic E-state index is 12.0. The second-order valence-electron chi connectivity index (χ2n) is 7.54. The Hall–Kier alpha value is -2.54. The predicted octanol–water partition coefficient (Wildman–Crippen LogP) is 3.34. The van der Waals surface area contributed by atoms with E-state index in [1.54, 1.807) is 6.07 Å². The minimum Gasteiger partial charge on any atom is -0.493 e. The smallest absolute Gasteiger partial charge is 0.337 e. The number of methoxy groups -OCH3 is 1. The van der Waals surface area contributed by atoms with E-state index in [0.29, 0.717) is 31.4 Å². The summed E-state index contributed by atoms with van der Waals surface area (Å²) in [6, 6.07) is 9.31. The molecule has 2 aliphatic rings. The lowest BCUT2D eigenvalue weighted by atomic mass is 9.92. The number of hydrogen-bond acceptors (Lipinski definition) is 6. The Morgan fingerprint density at radius 3 is 2.62 bits per heavy atom. The molecule has 6 nitrogen and oxygen atoms in total. The van der Waals surface area contributed by atoms with Crippen LogP contribution >= 0.6 is 0 Å². The van der Waals surface area contributed by atoms with Gasteiger partial charge in [0.15, 0.2) is 9.84 Å².